The van der Waals surface area contributed by atoms with E-state index in [9.17, 15) is 19.1 Å². The highest BCUT2D eigenvalue weighted by Crippen LogP contribution is 2.33. The molecule has 1 aliphatic rings. The van der Waals surface area contributed by atoms with E-state index in [1.165, 1.54) is 33.6 Å². The van der Waals surface area contributed by atoms with Crippen LogP contribution in [0.25, 0.3) is 16.6 Å². The number of benzene rings is 2. The van der Waals surface area contributed by atoms with Crippen molar-refractivity contribution in [3.05, 3.63) is 94.1 Å². The number of hydrogen-bond acceptors (Lipinski definition) is 6. The van der Waals surface area contributed by atoms with Crippen molar-refractivity contribution in [2.24, 2.45) is 0 Å². The Labute approximate surface area is 233 Å². The lowest BCUT2D eigenvalue weighted by Gasteiger charge is -2.18. The van der Waals surface area contributed by atoms with Crippen LogP contribution < -0.4 is 20.3 Å². The maximum absolute atomic E-state index is 15.1. The molecule has 0 spiro atoms. The second kappa shape index (κ2) is 11.4. The highest BCUT2D eigenvalue weighted by Gasteiger charge is 2.26. The van der Waals surface area contributed by atoms with Crippen LogP contribution in [-0.4, -0.2) is 38.6 Å². The zero-order chi connectivity index (χ0) is 29.3. The third kappa shape index (κ3) is 5.62. The number of nitrogens with zero attached hydrogens (tertiary/aromatic N) is 3. The Balaban J connectivity index is 1.41. The number of aliphatic hydroxyl groups is 1. The van der Waals surface area contributed by atoms with Gasteiger partial charge in [0.25, 0.3) is 11.5 Å². The number of ether oxygens (including phenoxy) is 2. The minimum atomic E-state index is -0.819. The Morgan fingerprint density at radius 3 is 2.61 bits per heavy atom. The van der Waals surface area contributed by atoms with Gasteiger partial charge in [0, 0.05) is 41.5 Å². The minimum Gasteiger partial charge on any atom is -0.497 e. The van der Waals surface area contributed by atoms with Gasteiger partial charge < -0.3 is 19.9 Å². The molecule has 1 atom stereocenters. The Morgan fingerprint density at radius 2 is 1.93 bits per heavy atom. The van der Waals surface area contributed by atoms with Crippen molar-refractivity contribution in [2.75, 3.05) is 12.4 Å². The standard InChI is InChI=1S/C30H28F2N4O5/c1-17(37)16-35-18(2)28(30(39)36(35)21-7-4-19(31)5-8-21)29(38)34-20-6-11-27(24(32)14-20)41-26-12-13-33-25-15-22(40-3)9-10-23(25)26/h4,6-7,9-15,17,37H,5,8,16H2,1-3H3,(H,34,38)/t17-/m1/s1. The zero-order valence-electron chi connectivity index (χ0n) is 22.6. The summed E-state index contributed by atoms with van der Waals surface area (Å²) in [5.41, 5.74) is 0.740. The molecule has 4 aromatic rings. The second-order valence-corrected chi connectivity index (χ2v) is 9.67. The molecule has 0 saturated heterocycles. The predicted octanol–water partition coefficient (Wildman–Crippen LogP) is 5.57. The van der Waals surface area contributed by atoms with Gasteiger partial charge in [-0.15, -0.1) is 0 Å². The van der Waals surface area contributed by atoms with Crippen LogP contribution in [0.2, 0.25) is 0 Å². The van der Waals surface area contributed by atoms with E-state index in [4.69, 9.17) is 9.47 Å². The predicted molar refractivity (Wildman–Crippen MR) is 151 cm³/mol. The molecule has 1 amide bonds. The van der Waals surface area contributed by atoms with Crippen LogP contribution in [0.4, 0.5) is 14.5 Å². The first-order valence-electron chi connectivity index (χ1n) is 12.9. The summed E-state index contributed by atoms with van der Waals surface area (Å²) in [6, 6.07) is 10.8. The number of aromatic nitrogens is 3. The van der Waals surface area contributed by atoms with Crippen LogP contribution in [0.1, 0.15) is 35.8 Å². The number of anilines is 1. The van der Waals surface area contributed by atoms with Gasteiger partial charge in [-0.3, -0.25) is 19.3 Å². The monoisotopic (exact) mass is 562 g/mol. The summed E-state index contributed by atoms with van der Waals surface area (Å²) >= 11 is 0. The number of carbonyl (C=O) groups is 1. The van der Waals surface area contributed by atoms with E-state index in [1.807, 2.05) is 0 Å². The van der Waals surface area contributed by atoms with Crippen molar-refractivity contribution in [1.29, 1.82) is 0 Å². The van der Waals surface area contributed by atoms with Crippen LogP contribution in [0.3, 0.4) is 0 Å². The fraction of sp³-hybridized carbons (Fsp3) is 0.233. The molecular formula is C30H28F2N4O5. The van der Waals surface area contributed by atoms with Gasteiger partial charge in [0.05, 0.1) is 31.0 Å². The highest BCUT2D eigenvalue weighted by molar-refractivity contribution is 6.05. The van der Waals surface area contributed by atoms with Crippen molar-refractivity contribution in [2.45, 2.75) is 39.3 Å². The largest absolute Gasteiger partial charge is 0.497 e. The lowest BCUT2D eigenvalue weighted by Crippen LogP contribution is -2.28. The smallest absolute Gasteiger partial charge is 0.284 e. The Kier molecular flexibility index (Phi) is 7.71. The Morgan fingerprint density at radius 1 is 1.12 bits per heavy atom. The Hall–Kier alpha value is -4.77. The normalized spacial score (nSPS) is 13.9. The number of halogens is 2. The second-order valence-electron chi connectivity index (χ2n) is 9.67. The molecule has 1 aliphatic carbocycles. The summed E-state index contributed by atoms with van der Waals surface area (Å²) in [4.78, 5) is 31.0. The molecule has 0 unspecified atom stereocenters. The maximum Gasteiger partial charge on any atom is 0.284 e. The number of methoxy groups -OCH3 is 1. The van der Waals surface area contributed by atoms with Crippen molar-refractivity contribution in [3.8, 4) is 17.2 Å². The molecule has 41 heavy (non-hydrogen) atoms. The number of aliphatic hydroxyl groups excluding tert-OH is 1. The number of amides is 1. The van der Waals surface area contributed by atoms with E-state index in [0.717, 1.165) is 6.07 Å². The van der Waals surface area contributed by atoms with Gasteiger partial charge in [-0.05, 0) is 62.8 Å². The summed E-state index contributed by atoms with van der Waals surface area (Å²) in [6.07, 6.45) is 3.85. The number of hydrogen-bond donors (Lipinski definition) is 2. The molecule has 0 radical (unpaired) electrons. The van der Waals surface area contributed by atoms with E-state index >= 15 is 4.39 Å². The minimum absolute atomic E-state index is 0.0367. The zero-order valence-corrected chi connectivity index (χ0v) is 22.6. The van der Waals surface area contributed by atoms with Crippen LogP contribution in [-0.2, 0) is 6.54 Å². The van der Waals surface area contributed by atoms with Gasteiger partial charge >= 0.3 is 0 Å². The van der Waals surface area contributed by atoms with E-state index in [1.54, 1.807) is 51.4 Å². The molecule has 2 heterocycles. The van der Waals surface area contributed by atoms with Gasteiger partial charge in [-0.2, -0.15) is 0 Å². The number of rotatable bonds is 8. The molecule has 2 N–H and O–H groups in total. The van der Waals surface area contributed by atoms with Gasteiger partial charge in [-0.25, -0.2) is 13.5 Å². The number of carbonyl (C=O) groups excluding carboxylic acids is 1. The average Bonchev–Trinajstić information content (AvgIpc) is 3.18. The SMILES string of the molecule is COc1ccc2c(Oc3ccc(NC(=O)c4c(C)n(C[C@@H](C)O)n(C5=CC=C(F)CC5)c4=O)cc3F)ccnc2c1. The van der Waals surface area contributed by atoms with Gasteiger partial charge in [-0.1, -0.05) is 0 Å². The molecule has 0 fully saturated rings. The first-order valence-corrected chi connectivity index (χ1v) is 12.9. The fourth-order valence-electron chi connectivity index (χ4n) is 4.73. The molecule has 0 bridgehead atoms. The molecule has 2 aromatic carbocycles. The third-order valence-electron chi connectivity index (χ3n) is 6.73. The summed E-state index contributed by atoms with van der Waals surface area (Å²) in [5, 5.41) is 13.3. The molecule has 212 valence electrons. The van der Waals surface area contributed by atoms with E-state index in [-0.39, 0.29) is 42.2 Å². The number of allylic oxidation sites excluding steroid dienone is 4. The summed E-state index contributed by atoms with van der Waals surface area (Å²) < 4.78 is 42.5. The van der Waals surface area contributed by atoms with E-state index < -0.39 is 23.4 Å². The molecule has 9 nitrogen and oxygen atoms in total. The average molecular weight is 563 g/mol. The molecule has 5 rings (SSSR count). The van der Waals surface area contributed by atoms with Gasteiger partial charge in [0.2, 0.25) is 0 Å². The lowest BCUT2D eigenvalue weighted by atomic mass is 10.1. The Bertz CT molecular complexity index is 1770. The van der Waals surface area contributed by atoms with Gasteiger partial charge in [0.1, 0.15) is 22.9 Å². The van der Waals surface area contributed by atoms with Crippen LogP contribution in [0.5, 0.6) is 17.2 Å². The summed E-state index contributed by atoms with van der Waals surface area (Å²) in [5.74, 6) is -0.850. The molecule has 0 aliphatic heterocycles. The van der Waals surface area contributed by atoms with Crippen LogP contribution in [0.15, 0.2) is 71.4 Å². The van der Waals surface area contributed by atoms with E-state index in [0.29, 0.717) is 33.8 Å². The molecule has 2 aromatic heterocycles. The molecular weight excluding hydrogens is 534 g/mol. The number of nitrogens with one attached hydrogen (secondary N) is 1. The molecule has 0 saturated carbocycles. The quantitative estimate of drug-likeness (QED) is 0.291. The van der Waals surface area contributed by atoms with Crippen molar-refractivity contribution in [1.82, 2.24) is 14.3 Å². The van der Waals surface area contributed by atoms with Gasteiger partial charge in [0.15, 0.2) is 11.6 Å². The highest BCUT2D eigenvalue weighted by atomic mass is 19.1. The topological polar surface area (TPSA) is 108 Å². The molecule has 11 heteroatoms. The maximum atomic E-state index is 15.1. The number of pyridine rings is 1. The number of fused-ring (bicyclic) bond motifs is 1. The fourth-order valence-corrected chi connectivity index (χ4v) is 4.73. The summed E-state index contributed by atoms with van der Waals surface area (Å²) in [6.45, 7) is 3.18. The van der Waals surface area contributed by atoms with E-state index in [2.05, 4.69) is 10.3 Å². The van der Waals surface area contributed by atoms with Crippen molar-refractivity contribution in [3.63, 3.8) is 0 Å². The third-order valence-corrected chi connectivity index (χ3v) is 6.73. The van der Waals surface area contributed by atoms with Crippen molar-refractivity contribution < 1.29 is 28.2 Å². The van der Waals surface area contributed by atoms with Crippen molar-refractivity contribution >= 4 is 28.2 Å². The summed E-state index contributed by atoms with van der Waals surface area (Å²) in [7, 11) is 1.55. The lowest BCUT2D eigenvalue weighted by molar-refractivity contribution is 0.102. The van der Waals surface area contributed by atoms with Crippen LogP contribution in [0, 0.1) is 12.7 Å². The van der Waals surface area contributed by atoms with Crippen LogP contribution >= 0.6 is 0 Å². The first kappa shape index (κ1) is 27.8. The first-order chi connectivity index (χ1) is 19.7.